The van der Waals surface area contributed by atoms with E-state index in [0.717, 1.165) is 29.0 Å². The van der Waals surface area contributed by atoms with Gasteiger partial charge in [-0.3, -0.25) is 10.3 Å². The van der Waals surface area contributed by atoms with Crippen LogP contribution >= 0.6 is 11.8 Å². The fourth-order valence-electron chi connectivity index (χ4n) is 4.94. The van der Waals surface area contributed by atoms with Crippen LogP contribution in [-0.2, 0) is 6.18 Å². The number of nitrogens with one attached hydrogen (secondary N) is 2. The van der Waals surface area contributed by atoms with Gasteiger partial charge in [0, 0.05) is 29.0 Å². The van der Waals surface area contributed by atoms with Gasteiger partial charge in [0.1, 0.15) is 12.1 Å². The number of benzene rings is 3. The number of hydrogen-bond acceptors (Lipinski definition) is 5. The van der Waals surface area contributed by atoms with E-state index in [1.807, 2.05) is 36.1 Å². The molecular formula is C30H25F4N7OS. The van der Waals surface area contributed by atoms with Crippen molar-refractivity contribution in [1.29, 1.82) is 0 Å². The molecule has 2 N–H and O–H groups in total. The zero-order valence-electron chi connectivity index (χ0n) is 22.9. The number of alkyl halides is 3. The van der Waals surface area contributed by atoms with E-state index in [9.17, 15) is 22.4 Å². The smallest absolute Gasteiger partial charge is 0.292 e. The number of allylic oxidation sites excluding steroid dienone is 1. The number of urea groups is 1. The summed E-state index contributed by atoms with van der Waals surface area (Å²) in [5.41, 5.74) is 9.52. The summed E-state index contributed by atoms with van der Waals surface area (Å²) >= 11 is 1.42. The van der Waals surface area contributed by atoms with Gasteiger partial charge in [-0.25, -0.2) is 24.3 Å². The third kappa shape index (κ3) is 5.90. The van der Waals surface area contributed by atoms with Crippen molar-refractivity contribution in [3.05, 3.63) is 107 Å². The summed E-state index contributed by atoms with van der Waals surface area (Å²) in [6.07, 6.45) is -0.867. The first-order valence-corrected chi connectivity index (χ1v) is 14.3. The Morgan fingerprint density at radius 2 is 1.84 bits per heavy atom. The van der Waals surface area contributed by atoms with Crippen molar-refractivity contribution in [2.75, 3.05) is 10.7 Å². The number of thioether (sulfide) groups is 1. The maximum Gasteiger partial charge on any atom is 0.416 e. The number of nitrogens with zero attached hydrogens (tertiary/aromatic N) is 5. The highest BCUT2D eigenvalue weighted by Crippen LogP contribution is 2.43. The molecule has 2 amide bonds. The van der Waals surface area contributed by atoms with Gasteiger partial charge in [0.25, 0.3) is 0 Å². The van der Waals surface area contributed by atoms with Crippen molar-refractivity contribution < 1.29 is 22.4 Å². The first kappa shape index (κ1) is 28.6. The van der Waals surface area contributed by atoms with Crippen molar-refractivity contribution in [1.82, 2.24) is 25.6 Å². The Labute approximate surface area is 248 Å². The molecule has 2 aliphatic heterocycles. The number of anilines is 1. The average molecular weight is 608 g/mol. The van der Waals surface area contributed by atoms with Gasteiger partial charge in [-0.1, -0.05) is 55.1 Å². The summed E-state index contributed by atoms with van der Waals surface area (Å²) in [7, 11) is 0. The summed E-state index contributed by atoms with van der Waals surface area (Å²) in [6, 6.07) is 15.8. The van der Waals surface area contributed by atoms with Gasteiger partial charge in [0.05, 0.1) is 16.9 Å². The van der Waals surface area contributed by atoms with Gasteiger partial charge >= 0.3 is 12.2 Å². The Kier molecular flexibility index (Phi) is 7.52. The average Bonchev–Trinajstić information content (AvgIpc) is 3.63. The third-order valence-corrected chi connectivity index (χ3v) is 8.18. The second kappa shape index (κ2) is 11.3. The number of amides is 2. The molecule has 1 fully saturated rings. The summed E-state index contributed by atoms with van der Waals surface area (Å²) in [4.78, 5) is 23.1. The summed E-state index contributed by atoms with van der Waals surface area (Å²) in [6.45, 7) is 3.92. The normalized spacial score (nSPS) is 17.8. The van der Waals surface area contributed by atoms with Crippen LogP contribution in [0.15, 0.2) is 89.8 Å². The lowest BCUT2D eigenvalue weighted by atomic mass is 9.94. The molecule has 1 aromatic heterocycles. The quantitative estimate of drug-likeness (QED) is 0.188. The zero-order valence-corrected chi connectivity index (χ0v) is 23.7. The molecule has 8 nitrogen and oxygen atoms in total. The van der Waals surface area contributed by atoms with Crippen LogP contribution in [-0.4, -0.2) is 31.7 Å². The highest BCUT2D eigenvalue weighted by molar-refractivity contribution is 8.14. The molecule has 3 heterocycles. The lowest BCUT2D eigenvalue weighted by molar-refractivity contribution is -0.137. The van der Waals surface area contributed by atoms with Crippen LogP contribution < -0.4 is 15.8 Å². The number of rotatable bonds is 5. The Morgan fingerprint density at radius 3 is 2.56 bits per heavy atom. The summed E-state index contributed by atoms with van der Waals surface area (Å²) < 4.78 is 54.0. The molecule has 4 aromatic rings. The monoisotopic (exact) mass is 607 g/mol. The van der Waals surface area contributed by atoms with E-state index in [1.54, 1.807) is 6.07 Å². The molecule has 0 bridgehead atoms. The Bertz CT molecular complexity index is 1730. The van der Waals surface area contributed by atoms with E-state index in [1.165, 1.54) is 47.0 Å². The molecule has 220 valence electrons. The predicted molar refractivity (Wildman–Crippen MR) is 157 cm³/mol. The van der Waals surface area contributed by atoms with Gasteiger partial charge in [0.15, 0.2) is 11.0 Å². The largest absolute Gasteiger partial charge is 0.416 e. The van der Waals surface area contributed by atoms with Crippen molar-refractivity contribution >= 4 is 28.6 Å². The predicted octanol–water partition coefficient (Wildman–Crippen LogP) is 6.98. The first-order valence-electron chi connectivity index (χ1n) is 13.3. The third-order valence-electron chi connectivity index (χ3n) is 7.21. The number of halogens is 4. The van der Waals surface area contributed by atoms with Crippen LogP contribution in [0.5, 0.6) is 0 Å². The Balaban J connectivity index is 1.08. The fourth-order valence-corrected chi connectivity index (χ4v) is 5.93. The molecule has 2 atom stereocenters. The van der Waals surface area contributed by atoms with Gasteiger partial charge < -0.3 is 0 Å². The minimum atomic E-state index is -4.41. The number of aliphatic imine (C=N–C) groups is 1. The first-order chi connectivity index (χ1) is 20.6. The minimum absolute atomic E-state index is 0.134. The van der Waals surface area contributed by atoms with Gasteiger partial charge in [0.2, 0.25) is 0 Å². The van der Waals surface area contributed by atoms with E-state index in [4.69, 9.17) is 0 Å². The van der Waals surface area contributed by atoms with E-state index in [0.29, 0.717) is 33.7 Å². The van der Waals surface area contributed by atoms with Gasteiger partial charge in [-0.2, -0.15) is 18.2 Å². The second-order valence-corrected chi connectivity index (χ2v) is 11.1. The fraction of sp³-hybridized carbons (Fsp3) is 0.200. The lowest BCUT2D eigenvalue weighted by Gasteiger charge is -2.29. The van der Waals surface area contributed by atoms with Crippen LogP contribution in [0.25, 0.3) is 17.1 Å². The van der Waals surface area contributed by atoms with Crippen molar-refractivity contribution in [2.45, 2.75) is 32.0 Å². The zero-order chi connectivity index (χ0) is 30.3. The standard InChI is InChI=1S/C30H25F4N7OS/c1-17-13-24-15-43-29(41(24)26-14-22(31)9-12-25(17)26)36-28(42)38-37-18(2)19-3-5-20(6-4-19)27-35-16-40(39-27)23-10-7-21(8-11-23)30(32,33)34/h3-14,16-18,37H,15H2,1-2H3,(H,38,42). The van der Waals surface area contributed by atoms with Crippen molar-refractivity contribution in [3.63, 3.8) is 0 Å². The minimum Gasteiger partial charge on any atom is -0.292 e. The van der Waals surface area contributed by atoms with Crippen molar-refractivity contribution in [2.24, 2.45) is 4.99 Å². The lowest BCUT2D eigenvalue weighted by Crippen LogP contribution is -2.38. The van der Waals surface area contributed by atoms with E-state index in [2.05, 4.69) is 38.9 Å². The number of amidine groups is 1. The Morgan fingerprint density at radius 1 is 1.09 bits per heavy atom. The summed E-state index contributed by atoms with van der Waals surface area (Å²) in [5.74, 6) is 0.833. The van der Waals surface area contributed by atoms with Gasteiger partial charge in [-0.05, 0) is 54.4 Å². The highest BCUT2D eigenvalue weighted by Gasteiger charge is 2.34. The van der Waals surface area contributed by atoms with Crippen LogP contribution in [0.1, 0.15) is 42.5 Å². The molecule has 43 heavy (non-hydrogen) atoms. The van der Waals surface area contributed by atoms with Crippen molar-refractivity contribution in [3.8, 4) is 17.1 Å². The molecule has 1 saturated heterocycles. The number of carbonyl (C=O) groups is 1. The molecule has 6 rings (SSSR count). The maximum atomic E-state index is 14.1. The Hall–Kier alpha value is -4.49. The topological polar surface area (TPSA) is 87.4 Å². The van der Waals surface area contributed by atoms with Crippen LogP contribution in [0.4, 0.5) is 28.0 Å². The molecule has 0 aliphatic carbocycles. The van der Waals surface area contributed by atoms with Gasteiger partial charge in [-0.15, -0.1) is 5.10 Å². The highest BCUT2D eigenvalue weighted by atomic mass is 32.2. The van der Waals surface area contributed by atoms with E-state index < -0.39 is 17.8 Å². The molecule has 0 spiro atoms. The molecule has 2 aliphatic rings. The molecule has 2 unspecified atom stereocenters. The molecular weight excluding hydrogens is 582 g/mol. The number of hydrazine groups is 1. The maximum absolute atomic E-state index is 14.1. The van der Waals surface area contributed by atoms with Crippen LogP contribution in [0.3, 0.4) is 0 Å². The van der Waals surface area contributed by atoms with Crippen LogP contribution in [0, 0.1) is 5.82 Å². The second-order valence-electron chi connectivity index (χ2n) is 10.1. The number of aromatic nitrogens is 3. The molecule has 13 heteroatoms. The SMILES string of the molecule is CC1C=C2CSC(=NC(=O)NNC(C)c3ccc(-c4ncn(-c5ccc(C(F)(F)F)cc5)n4)cc3)N2c2cc(F)ccc21. The summed E-state index contributed by atoms with van der Waals surface area (Å²) in [5, 5.41) is 4.86. The number of carbonyl (C=O) groups excluding carboxylic acids is 1. The number of fused-ring (bicyclic) bond motifs is 3. The molecule has 0 radical (unpaired) electrons. The van der Waals surface area contributed by atoms with E-state index >= 15 is 0 Å². The van der Waals surface area contributed by atoms with E-state index in [-0.39, 0.29) is 17.8 Å². The molecule has 3 aromatic carbocycles. The van der Waals surface area contributed by atoms with Crippen LogP contribution in [0.2, 0.25) is 0 Å². The molecule has 0 saturated carbocycles. The number of hydrogen-bond donors (Lipinski definition) is 2.